The molecular formula is C10H19N. The van der Waals surface area contributed by atoms with Gasteiger partial charge in [0.15, 0.2) is 0 Å². The molecule has 0 aliphatic carbocycles. The highest BCUT2D eigenvalue weighted by atomic mass is 14.8. The van der Waals surface area contributed by atoms with Gasteiger partial charge in [0.1, 0.15) is 0 Å². The minimum atomic E-state index is 0.179. The second-order valence-electron chi connectivity index (χ2n) is 3.04. The average molecular weight is 153 g/mol. The lowest BCUT2D eigenvalue weighted by Crippen LogP contribution is -2.25. The zero-order valence-corrected chi connectivity index (χ0v) is 8.02. The Labute approximate surface area is 70.2 Å². The molecule has 0 rings (SSSR count). The second kappa shape index (κ2) is 5.14. The maximum absolute atomic E-state index is 3.18. The molecule has 0 spiro atoms. The van der Waals surface area contributed by atoms with Crippen molar-refractivity contribution in [3.05, 3.63) is 24.3 Å². The van der Waals surface area contributed by atoms with Gasteiger partial charge in [0, 0.05) is 12.0 Å². The summed E-state index contributed by atoms with van der Waals surface area (Å²) in [4.78, 5) is 0. The maximum atomic E-state index is 3.18. The summed E-state index contributed by atoms with van der Waals surface area (Å²) < 4.78 is 0. The summed E-state index contributed by atoms with van der Waals surface area (Å²) in [5.74, 6) is 0. The summed E-state index contributed by atoms with van der Waals surface area (Å²) in [5, 5.41) is 3.18. The largest absolute Gasteiger partial charge is 0.319 e. The van der Waals surface area contributed by atoms with Gasteiger partial charge in [-0.3, -0.25) is 0 Å². The number of hydrogen-bond donors (Lipinski definition) is 1. The molecule has 0 aromatic heterocycles. The van der Waals surface area contributed by atoms with Crippen LogP contribution in [0.3, 0.4) is 0 Å². The van der Waals surface area contributed by atoms with Crippen molar-refractivity contribution in [3.63, 3.8) is 0 Å². The highest BCUT2D eigenvalue weighted by Gasteiger charge is 2.13. The van der Waals surface area contributed by atoms with Crippen LogP contribution < -0.4 is 5.32 Å². The van der Waals surface area contributed by atoms with Crippen LogP contribution in [0.2, 0.25) is 0 Å². The molecule has 0 fully saturated rings. The van der Waals surface area contributed by atoms with Crippen LogP contribution in [0.1, 0.15) is 20.8 Å². The molecule has 0 aliphatic heterocycles. The molecule has 1 heteroatoms. The van der Waals surface area contributed by atoms with Gasteiger partial charge in [0.25, 0.3) is 0 Å². The van der Waals surface area contributed by atoms with E-state index in [9.17, 15) is 0 Å². The van der Waals surface area contributed by atoms with Crippen molar-refractivity contribution in [2.45, 2.75) is 20.8 Å². The molecule has 1 nitrogen and oxygen atoms in total. The van der Waals surface area contributed by atoms with Crippen molar-refractivity contribution in [2.75, 3.05) is 13.6 Å². The quantitative estimate of drug-likeness (QED) is 0.611. The van der Waals surface area contributed by atoms with Crippen LogP contribution in [0.5, 0.6) is 0 Å². The molecule has 0 atom stereocenters. The van der Waals surface area contributed by atoms with Crippen LogP contribution >= 0.6 is 0 Å². The second-order valence-corrected chi connectivity index (χ2v) is 3.04. The minimum Gasteiger partial charge on any atom is -0.319 e. The first kappa shape index (κ1) is 10.4. The van der Waals surface area contributed by atoms with Gasteiger partial charge in [-0.25, -0.2) is 0 Å². The van der Waals surface area contributed by atoms with Crippen molar-refractivity contribution >= 4 is 0 Å². The van der Waals surface area contributed by atoms with Crippen LogP contribution in [-0.4, -0.2) is 13.6 Å². The van der Waals surface area contributed by atoms with Crippen molar-refractivity contribution in [2.24, 2.45) is 5.41 Å². The van der Waals surface area contributed by atoms with E-state index in [0.717, 1.165) is 6.54 Å². The molecule has 0 aromatic rings. The SMILES string of the molecule is C/C=C\C(C)(/C=C\C)CNC. The van der Waals surface area contributed by atoms with E-state index in [1.165, 1.54) is 0 Å². The van der Waals surface area contributed by atoms with Crippen molar-refractivity contribution in [1.29, 1.82) is 0 Å². The predicted molar refractivity (Wildman–Crippen MR) is 51.7 cm³/mol. The summed E-state index contributed by atoms with van der Waals surface area (Å²) in [7, 11) is 1.98. The van der Waals surface area contributed by atoms with Crippen molar-refractivity contribution in [1.82, 2.24) is 5.32 Å². The lowest BCUT2D eigenvalue weighted by molar-refractivity contribution is 0.513. The van der Waals surface area contributed by atoms with E-state index in [2.05, 4.69) is 50.4 Å². The van der Waals surface area contributed by atoms with Crippen LogP contribution in [0.4, 0.5) is 0 Å². The monoisotopic (exact) mass is 153 g/mol. The maximum Gasteiger partial charge on any atom is 0.0157 e. The molecule has 0 heterocycles. The standard InChI is InChI=1S/C10H19N/c1-5-7-10(3,8-6-2)9-11-4/h5-8,11H,9H2,1-4H3/b7-5-,8-6-. The summed E-state index contributed by atoms with van der Waals surface area (Å²) in [6.07, 6.45) is 8.61. The van der Waals surface area contributed by atoms with E-state index in [4.69, 9.17) is 0 Å². The molecule has 0 aromatic carbocycles. The Balaban J connectivity index is 4.24. The van der Waals surface area contributed by atoms with Crippen LogP contribution in [0, 0.1) is 5.41 Å². The van der Waals surface area contributed by atoms with Crippen molar-refractivity contribution in [3.8, 4) is 0 Å². The van der Waals surface area contributed by atoms with Gasteiger partial charge in [0.05, 0.1) is 0 Å². The molecular weight excluding hydrogens is 134 g/mol. The fraction of sp³-hybridized carbons (Fsp3) is 0.600. The first-order valence-electron chi connectivity index (χ1n) is 4.11. The van der Waals surface area contributed by atoms with Crippen LogP contribution in [0.15, 0.2) is 24.3 Å². The topological polar surface area (TPSA) is 12.0 Å². The van der Waals surface area contributed by atoms with Gasteiger partial charge in [0.2, 0.25) is 0 Å². The molecule has 64 valence electrons. The molecule has 1 N–H and O–H groups in total. The Morgan fingerprint density at radius 1 is 1.18 bits per heavy atom. The zero-order valence-electron chi connectivity index (χ0n) is 8.02. The predicted octanol–water partition coefficient (Wildman–Crippen LogP) is 2.36. The van der Waals surface area contributed by atoms with Gasteiger partial charge in [-0.1, -0.05) is 31.2 Å². The smallest absolute Gasteiger partial charge is 0.0157 e. The van der Waals surface area contributed by atoms with E-state index in [-0.39, 0.29) is 5.41 Å². The van der Waals surface area contributed by atoms with Crippen LogP contribution in [-0.2, 0) is 0 Å². The van der Waals surface area contributed by atoms with Crippen molar-refractivity contribution < 1.29 is 0 Å². The first-order valence-corrected chi connectivity index (χ1v) is 4.11. The van der Waals surface area contributed by atoms with E-state index in [1.54, 1.807) is 0 Å². The Morgan fingerprint density at radius 2 is 1.64 bits per heavy atom. The first-order chi connectivity index (χ1) is 5.18. The Kier molecular flexibility index (Phi) is 4.88. The lowest BCUT2D eigenvalue weighted by atomic mass is 9.89. The Hall–Kier alpha value is -0.560. The van der Waals surface area contributed by atoms with E-state index in [1.807, 2.05) is 7.05 Å². The minimum absolute atomic E-state index is 0.179. The molecule has 0 saturated carbocycles. The van der Waals surface area contributed by atoms with Gasteiger partial charge in [-0.2, -0.15) is 0 Å². The van der Waals surface area contributed by atoms with Gasteiger partial charge >= 0.3 is 0 Å². The lowest BCUT2D eigenvalue weighted by Gasteiger charge is -2.20. The summed E-state index contributed by atoms with van der Waals surface area (Å²) in [5.41, 5.74) is 0.179. The Bertz CT molecular complexity index is 133. The average Bonchev–Trinajstić information content (AvgIpc) is 1.88. The molecule has 0 saturated heterocycles. The van der Waals surface area contributed by atoms with Gasteiger partial charge < -0.3 is 5.32 Å². The van der Waals surface area contributed by atoms with E-state index < -0.39 is 0 Å². The summed E-state index contributed by atoms with van der Waals surface area (Å²) in [6, 6.07) is 0. The number of nitrogens with one attached hydrogen (secondary N) is 1. The third-order valence-electron chi connectivity index (χ3n) is 1.65. The third-order valence-corrected chi connectivity index (χ3v) is 1.65. The number of rotatable bonds is 4. The van der Waals surface area contributed by atoms with Gasteiger partial charge in [-0.15, -0.1) is 0 Å². The number of hydrogen-bond acceptors (Lipinski definition) is 1. The highest BCUT2D eigenvalue weighted by Crippen LogP contribution is 2.18. The molecule has 0 unspecified atom stereocenters. The summed E-state index contributed by atoms with van der Waals surface area (Å²) in [6.45, 7) is 7.31. The highest BCUT2D eigenvalue weighted by molar-refractivity contribution is 5.09. The molecule has 0 amide bonds. The fourth-order valence-corrected chi connectivity index (χ4v) is 1.32. The van der Waals surface area contributed by atoms with E-state index >= 15 is 0 Å². The normalized spacial score (nSPS) is 13.5. The van der Waals surface area contributed by atoms with Gasteiger partial charge in [-0.05, 0) is 20.9 Å². The summed E-state index contributed by atoms with van der Waals surface area (Å²) >= 11 is 0. The molecule has 0 bridgehead atoms. The van der Waals surface area contributed by atoms with Crippen LogP contribution in [0.25, 0.3) is 0 Å². The Morgan fingerprint density at radius 3 is 1.91 bits per heavy atom. The zero-order chi connectivity index (χ0) is 8.74. The molecule has 0 radical (unpaired) electrons. The number of allylic oxidation sites excluding steroid dienone is 2. The third kappa shape index (κ3) is 3.99. The molecule has 0 aliphatic rings. The molecule has 11 heavy (non-hydrogen) atoms. The van der Waals surface area contributed by atoms with E-state index in [0.29, 0.717) is 0 Å². The fourth-order valence-electron chi connectivity index (χ4n) is 1.32.